The van der Waals surface area contributed by atoms with Gasteiger partial charge in [0.15, 0.2) is 0 Å². The number of nitrogens with one attached hydrogen (secondary N) is 2. The minimum absolute atomic E-state index is 0.0581. The lowest BCUT2D eigenvalue weighted by molar-refractivity contribution is -0.123. The Hall–Kier alpha value is -2.72. The topological polar surface area (TPSA) is 93.9 Å². The molecule has 0 bridgehead atoms. The van der Waals surface area contributed by atoms with Gasteiger partial charge in [0.2, 0.25) is 5.91 Å². The SMILES string of the molecule is C[C@H]1CC(NC(=O)[C@@H]2CCCN2)CN(c2ccc(C#N)c3nccnc23)C1. The quantitative estimate of drug-likeness (QED) is 0.859. The molecule has 2 aliphatic rings. The fourth-order valence-electron chi connectivity index (χ4n) is 4.25. The predicted molar refractivity (Wildman–Crippen MR) is 103 cm³/mol. The van der Waals surface area contributed by atoms with Gasteiger partial charge in [0, 0.05) is 31.5 Å². The number of amides is 1. The summed E-state index contributed by atoms with van der Waals surface area (Å²) in [5.41, 5.74) is 2.88. The van der Waals surface area contributed by atoms with Crippen molar-refractivity contribution in [2.45, 2.75) is 38.3 Å². The van der Waals surface area contributed by atoms with Crippen LogP contribution in [0.5, 0.6) is 0 Å². The molecule has 7 heteroatoms. The van der Waals surface area contributed by atoms with Crippen LogP contribution in [0.15, 0.2) is 24.5 Å². The van der Waals surface area contributed by atoms with Crippen molar-refractivity contribution in [3.05, 3.63) is 30.1 Å². The molecule has 3 heterocycles. The van der Waals surface area contributed by atoms with E-state index in [4.69, 9.17) is 0 Å². The Morgan fingerprint density at radius 1 is 1.30 bits per heavy atom. The van der Waals surface area contributed by atoms with Gasteiger partial charge in [0.05, 0.1) is 17.3 Å². The van der Waals surface area contributed by atoms with Crippen LogP contribution in [0, 0.1) is 17.2 Å². The highest BCUT2D eigenvalue weighted by Gasteiger charge is 2.30. The first-order chi connectivity index (χ1) is 13.2. The smallest absolute Gasteiger partial charge is 0.237 e. The van der Waals surface area contributed by atoms with Crippen molar-refractivity contribution in [2.24, 2.45) is 5.92 Å². The Morgan fingerprint density at radius 3 is 2.85 bits per heavy atom. The number of benzene rings is 1. The molecule has 0 radical (unpaired) electrons. The van der Waals surface area contributed by atoms with Gasteiger partial charge in [-0.15, -0.1) is 0 Å². The Morgan fingerprint density at radius 2 is 2.11 bits per heavy atom. The van der Waals surface area contributed by atoms with E-state index in [1.807, 2.05) is 12.1 Å². The van der Waals surface area contributed by atoms with E-state index < -0.39 is 0 Å². The summed E-state index contributed by atoms with van der Waals surface area (Å²) in [6.07, 6.45) is 6.21. The van der Waals surface area contributed by atoms with Gasteiger partial charge >= 0.3 is 0 Å². The van der Waals surface area contributed by atoms with Crippen LogP contribution in [-0.4, -0.2) is 47.6 Å². The van der Waals surface area contributed by atoms with E-state index >= 15 is 0 Å². The third kappa shape index (κ3) is 3.58. The first kappa shape index (κ1) is 17.7. The van der Waals surface area contributed by atoms with E-state index in [2.05, 4.69) is 38.5 Å². The molecule has 2 aliphatic heterocycles. The van der Waals surface area contributed by atoms with Crippen LogP contribution in [0.4, 0.5) is 5.69 Å². The van der Waals surface area contributed by atoms with Gasteiger partial charge in [-0.1, -0.05) is 6.92 Å². The van der Waals surface area contributed by atoms with Crippen molar-refractivity contribution in [3.8, 4) is 6.07 Å². The molecule has 2 aromatic rings. The van der Waals surface area contributed by atoms with Crippen LogP contribution in [-0.2, 0) is 4.79 Å². The maximum atomic E-state index is 12.5. The molecule has 140 valence electrons. The number of piperidine rings is 1. The number of nitriles is 1. The average Bonchev–Trinajstić information content (AvgIpc) is 3.21. The Bertz CT molecular complexity index is 886. The van der Waals surface area contributed by atoms with Crippen LogP contribution in [0.1, 0.15) is 31.7 Å². The summed E-state index contributed by atoms with van der Waals surface area (Å²) in [4.78, 5) is 23.6. The summed E-state index contributed by atoms with van der Waals surface area (Å²) in [5.74, 6) is 0.555. The standard InChI is InChI=1S/C20H24N6O/c1-13-9-15(25-20(27)16-3-2-6-22-16)12-26(11-13)17-5-4-14(10-21)18-19(17)24-8-7-23-18/h4-5,7-8,13,15-16,22H,2-3,6,9,11-12H2,1H3,(H,25,27)/t13-,15?,16-/m0/s1. The third-order valence-electron chi connectivity index (χ3n) is 5.45. The Kier molecular flexibility index (Phi) is 4.90. The zero-order valence-corrected chi connectivity index (χ0v) is 15.5. The highest BCUT2D eigenvalue weighted by Crippen LogP contribution is 2.30. The summed E-state index contributed by atoms with van der Waals surface area (Å²) < 4.78 is 0. The lowest BCUT2D eigenvalue weighted by Gasteiger charge is -2.38. The van der Waals surface area contributed by atoms with Gasteiger partial charge in [-0.25, -0.2) is 0 Å². The molecule has 1 aromatic heterocycles. The van der Waals surface area contributed by atoms with E-state index in [1.54, 1.807) is 12.4 Å². The predicted octanol–water partition coefficient (Wildman–Crippen LogP) is 1.58. The van der Waals surface area contributed by atoms with Crippen molar-refractivity contribution in [1.82, 2.24) is 20.6 Å². The zero-order chi connectivity index (χ0) is 18.8. The van der Waals surface area contributed by atoms with E-state index in [1.165, 1.54) is 0 Å². The number of fused-ring (bicyclic) bond motifs is 1. The van der Waals surface area contributed by atoms with Crippen LogP contribution in [0.25, 0.3) is 11.0 Å². The maximum absolute atomic E-state index is 12.5. The average molecular weight is 364 g/mol. The summed E-state index contributed by atoms with van der Waals surface area (Å²) in [7, 11) is 0. The number of hydrogen-bond acceptors (Lipinski definition) is 6. The fourth-order valence-corrected chi connectivity index (χ4v) is 4.25. The van der Waals surface area contributed by atoms with Crippen LogP contribution >= 0.6 is 0 Å². The molecule has 2 N–H and O–H groups in total. The molecule has 0 aliphatic carbocycles. The molecule has 3 atom stereocenters. The number of carbonyl (C=O) groups excluding carboxylic acids is 1. The molecular formula is C20H24N6O. The monoisotopic (exact) mass is 364 g/mol. The molecule has 0 saturated carbocycles. The highest BCUT2D eigenvalue weighted by molar-refractivity contribution is 5.92. The van der Waals surface area contributed by atoms with Crippen molar-refractivity contribution in [2.75, 3.05) is 24.5 Å². The summed E-state index contributed by atoms with van der Waals surface area (Å²) in [6.45, 7) is 4.75. The minimum Gasteiger partial charge on any atom is -0.367 e. The number of anilines is 1. The Balaban J connectivity index is 1.57. The number of nitrogens with zero attached hydrogens (tertiary/aromatic N) is 4. The fraction of sp³-hybridized carbons (Fsp3) is 0.500. The molecule has 1 unspecified atom stereocenters. The molecule has 1 amide bonds. The number of hydrogen-bond donors (Lipinski definition) is 2. The van der Waals surface area contributed by atoms with Crippen molar-refractivity contribution in [1.29, 1.82) is 5.26 Å². The second-order valence-corrected chi connectivity index (χ2v) is 7.60. The maximum Gasteiger partial charge on any atom is 0.237 e. The van der Waals surface area contributed by atoms with Crippen molar-refractivity contribution in [3.63, 3.8) is 0 Å². The van der Waals surface area contributed by atoms with E-state index in [0.29, 0.717) is 17.0 Å². The second kappa shape index (κ2) is 7.49. The van der Waals surface area contributed by atoms with E-state index in [0.717, 1.165) is 50.1 Å². The van der Waals surface area contributed by atoms with Gasteiger partial charge < -0.3 is 15.5 Å². The molecule has 2 saturated heterocycles. The molecular weight excluding hydrogens is 340 g/mol. The summed E-state index contributed by atoms with van der Waals surface area (Å²) in [6, 6.07) is 5.99. The normalized spacial score (nSPS) is 25.3. The van der Waals surface area contributed by atoms with Crippen LogP contribution in [0.3, 0.4) is 0 Å². The summed E-state index contributed by atoms with van der Waals surface area (Å²) in [5, 5.41) is 15.8. The lowest BCUT2D eigenvalue weighted by Crippen LogP contribution is -2.53. The molecule has 0 spiro atoms. The number of carbonyl (C=O) groups is 1. The molecule has 7 nitrogen and oxygen atoms in total. The van der Waals surface area contributed by atoms with E-state index in [9.17, 15) is 10.1 Å². The van der Waals surface area contributed by atoms with E-state index in [-0.39, 0.29) is 18.0 Å². The highest BCUT2D eigenvalue weighted by atomic mass is 16.2. The largest absolute Gasteiger partial charge is 0.367 e. The van der Waals surface area contributed by atoms with Gasteiger partial charge in [0.1, 0.15) is 17.1 Å². The first-order valence-electron chi connectivity index (χ1n) is 9.58. The van der Waals surface area contributed by atoms with Crippen LogP contribution in [0.2, 0.25) is 0 Å². The summed E-state index contributed by atoms with van der Waals surface area (Å²) >= 11 is 0. The van der Waals surface area contributed by atoms with Crippen molar-refractivity contribution >= 4 is 22.6 Å². The van der Waals surface area contributed by atoms with Gasteiger partial charge in [-0.2, -0.15) is 5.26 Å². The molecule has 27 heavy (non-hydrogen) atoms. The van der Waals surface area contributed by atoms with Gasteiger partial charge in [0.25, 0.3) is 0 Å². The zero-order valence-electron chi connectivity index (χ0n) is 15.5. The van der Waals surface area contributed by atoms with Gasteiger partial charge in [-0.3, -0.25) is 14.8 Å². The van der Waals surface area contributed by atoms with Crippen molar-refractivity contribution < 1.29 is 4.79 Å². The molecule has 4 rings (SSSR count). The second-order valence-electron chi connectivity index (χ2n) is 7.60. The molecule has 2 fully saturated rings. The first-order valence-corrected chi connectivity index (χ1v) is 9.58. The van der Waals surface area contributed by atoms with Crippen LogP contribution < -0.4 is 15.5 Å². The minimum atomic E-state index is -0.0581. The Labute approximate surface area is 158 Å². The number of aromatic nitrogens is 2. The third-order valence-corrected chi connectivity index (χ3v) is 5.45. The van der Waals surface area contributed by atoms with Gasteiger partial charge in [-0.05, 0) is 43.9 Å². The molecule has 1 aromatic carbocycles. The number of rotatable bonds is 3. The lowest BCUT2D eigenvalue weighted by atomic mass is 9.94.